The van der Waals surface area contributed by atoms with Gasteiger partial charge in [-0.15, -0.1) is 0 Å². The molecule has 0 aromatic rings. The minimum Gasteiger partial charge on any atom is -0.370 e. The van der Waals surface area contributed by atoms with Crippen LogP contribution in [0, 0.1) is 0 Å². The van der Waals surface area contributed by atoms with E-state index < -0.39 is 5.72 Å². The number of aliphatic hydroxyl groups is 1. The molecule has 0 saturated heterocycles. The SMILES string of the molecule is CCCCCCCCCCCCCCCCCC(=O)NC(O)(CC)CN. The van der Waals surface area contributed by atoms with Gasteiger partial charge in [0.2, 0.25) is 5.91 Å². The Hall–Kier alpha value is -0.610. The number of amides is 1. The van der Waals surface area contributed by atoms with Crippen LogP contribution in [0.4, 0.5) is 0 Å². The van der Waals surface area contributed by atoms with E-state index in [1.165, 1.54) is 83.5 Å². The lowest BCUT2D eigenvalue weighted by Gasteiger charge is -2.26. The maximum absolute atomic E-state index is 11.8. The van der Waals surface area contributed by atoms with Crippen LogP contribution in [0.3, 0.4) is 0 Å². The number of carbonyl (C=O) groups excluding carboxylic acids is 1. The molecule has 0 heterocycles. The number of unbranched alkanes of at least 4 members (excludes halogenated alkanes) is 14. The third kappa shape index (κ3) is 15.6. The molecule has 0 aliphatic rings. The topological polar surface area (TPSA) is 75.3 Å². The number of nitrogens with two attached hydrogens (primary N) is 1. The maximum Gasteiger partial charge on any atom is 0.222 e. The Kier molecular flexibility index (Phi) is 17.4. The van der Waals surface area contributed by atoms with Gasteiger partial charge in [0.1, 0.15) is 5.72 Å². The number of carbonyl (C=O) groups is 1. The molecule has 0 aliphatic carbocycles. The summed E-state index contributed by atoms with van der Waals surface area (Å²) < 4.78 is 0. The summed E-state index contributed by atoms with van der Waals surface area (Å²) in [6.45, 7) is 4.15. The average molecular weight is 371 g/mol. The zero-order valence-corrected chi connectivity index (χ0v) is 17.7. The molecule has 4 N–H and O–H groups in total. The molecule has 0 rings (SSSR count). The number of rotatable bonds is 19. The summed E-state index contributed by atoms with van der Waals surface area (Å²) in [7, 11) is 0. The largest absolute Gasteiger partial charge is 0.370 e. The van der Waals surface area contributed by atoms with E-state index in [-0.39, 0.29) is 12.5 Å². The number of hydrogen-bond acceptors (Lipinski definition) is 3. The highest BCUT2D eigenvalue weighted by Crippen LogP contribution is 2.14. The van der Waals surface area contributed by atoms with Crippen LogP contribution in [0.15, 0.2) is 0 Å². The van der Waals surface area contributed by atoms with Crippen LogP contribution in [0.1, 0.15) is 123 Å². The van der Waals surface area contributed by atoms with Crippen LogP contribution < -0.4 is 11.1 Å². The van der Waals surface area contributed by atoms with Gasteiger partial charge in [-0.3, -0.25) is 4.79 Å². The Balaban J connectivity index is 3.28. The van der Waals surface area contributed by atoms with E-state index in [1.807, 2.05) is 6.92 Å². The quantitative estimate of drug-likeness (QED) is 0.210. The van der Waals surface area contributed by atoms with Gasteiger partial charge in [0.05, 0.1) is 0 Å². The van der Waals surface area contributed by atoms with Crippen molar-refractivity contribution in [2.45, 2.75) is 129 Å². The van der Waals surface area contributed by atoms with Crippen LogP contribution in [0.5, 0.6) is 0 Å². The molecular weight excluding hydrogens is 324 g/mol. The van der Waals surface area contributed by atoms with Crippen molar-refractivity contribution in [2.75, 3.05) is 6.54 Å². The Bertz CT molecular complexity index is 317. The summed E-state index contributed by atoms with van der Waals surface area (Å²) in [5.74, 6) is -0.0884. The fraction of sp³-hybridized carbons (Fsp3) is 0.955. The Morgan fingerprint density at radius 2 is 1.15 bits per heavy atom. The molecule has 0 aromatic heterocycles. The summed E-state index contributed by atoms with van der Waals surface area (Å²) >= 11 is 0. The van der Waals surface area contributed by atoms with Crippen LogP contribution in [-0.2, 0) is 4.79 Å². The van der Waals surface area contributed by atoms with Crippen molar-refractivity contribution in [2.24, 2.45) is 5.73 Å². The molecule has 0 spiro atoms. The molecule has 4 heteroatoms. The van der Waals surface area contributed by atoms with Crippen molar-refractivity contribution >= 4 is 5.91 Å². The maximum atomic E-state index is 11.8. The fourth-order valence-corrected chi connectivity index (χ4v) is 3.26. The lowest BCUT2D eigenvalue weighted by atomic mass is 10.0. The average Bonchev–Trinajstić information content (AvgIpc) is 2.64. The molecule has 26 heavy (non-hydrogen) atoms. The lowest BCUT2D eigenvalue weighted by molar-refractivity contribution is -0.128. The molecule has 1 atom stereocenters. The van der Waals surface area contributed by atoms with Gasteiger partial charge in [-0.25, -0.2) is 0 Å². The van der Waals surface area contributed by atoms with Crippen molar-refractivity contribution < 1.29 is 9.90 Å². The van der Waals surface area contributed by atoms with E-state index in [9.17, 15) is 9.90 Å². The van der Waals surface area contributed by atoms with Gasteiger partial charge in [-0.2, -0.15) is 0 Å². The summed E-state index contributed by atoms with van der Waals surface area (Å²) in [6, 6.07) is 0. The summed E-state index contributed by atoms with van der Waals surface area (Å²) in [5, 5.41) is 12.6. The first-order valence-corrected chi connectivity index (χ1v) is 11.3. The molecule has 1 amide bonds. The highest BCUT2D eigenvalue weighted by atomic mass is 16.3. The first kappa shape index (κ1) is 25.4. The standard InChI is InChI=1S/C22H46N2O2/c1-3-5-6-7-8-9-10-11-12-13-14-15-16-17-18-19-21(25)24-22(26,4-2)20-23/h26H,3-20,23H2,1-2H3,(H,24,25). The predicted octanol–water partition coefficient (Wildman–Crippen LogP) is 5.42. The minimum absolute atomic E-state index is 0.0636. The van der Waals surface area contributed by atoms with E-state index in [0.29, 0.717) is 12.8 Å². The van der Waals surface area contributed by atoms with Gasteiger partial charge in [0.25, 0.3) is 0 Å². The van der Waals surface area contributed by atoms with Crippen molar-refractivity contribution in [3.63, 3.8) is 0 Å². The van der Waals surface area contributed by atoms with Gasteiger partial charge in [0, 0.05) is 13.0 Å². The van der Waals surface area contributed by atoms with Gasteiger partial charge < -0.3 is 16.2 Å². The smallest absolute Gasteiger partial charge is 0.222 e. The van der Waals surface area contributed by atoms with E-state index >= 15 is 0 Å². The summed E-state index contributed by atoms with van der Waals surface area (Å²) in [6.07, 6.45) is 20.7. The predicted molar refractivity (Wildman–Crippen MR) is 112 cm³/mol. The van der Waals surface area contributed by atoms with Crippen molar-refractivity contribution in [1.29, 1.82) is 0 Å². The molecular formula is C22H46N2O2. The van der Waals surface area contributed by atoms with Crippen LogP contribution >= 0.6 is 0 Å². The highest BCUT2D eigenvalue weighted by Gasteiger charge is 2.24. The Morgan fingerprint density at radius 1 is 0.769 bits per heavy atom. The number of nitrogens with one attached hydrogen (secondary N) is 1. The molecule has 0 aromatic carbocycles. The first-order chi connectivity index (χ1) is 12.6. The van der Waals surface area contributed by atoms with Crippen LogP contribution in [0.2, 0.25) is 0 Å². The zero-order chi connectivity index (χ0) is 19.5. The van der Waals surface area contributed by atoms with Crippen molar-refractivity contribution in [3.8, 4) is 0 Å². The van der Waals surface area contributed by atoms with Crippen LogP contribution in [-0.4, -0.2) is 23.3 Å². The normalized spacial score (nSPS) is 13.5. The van der Waals surface area contributed by atoms with E-state index in [1.54, 1.807) is 0 Å². The van der Waals surface area contributed by atoms with Gasteiger partial charge >= 0.3 is 0 Å². The molecule has 4 nitrogen and oxygen atoms in total. The third-order valence-corrected chi connectivity index (χ3v) is 5.30. The molecule has 0 fully saturated rings. The molecule has 1 unspecified atom stereocenters. The van der Waals surface area contributed by atoms with Crippen molar-refractivity contribution in [3.05, 3.63) is 0 Å². The van der Waals surface area contributed by atoms with E-state index in [0.717, 1.165) is 12.8 Å². The van der Waals surface area contributed by atoms with E-state index in [4.69, 9.17) is 5.73 Å². The fourth-order valence-electron chi connectivity index (χ4n) is 3.26. The van der Waals surface area contributed by atoms with Gasteiger partial charge in [0.15, 0.2) is 0 Å². The summed E-state index contributed by atoms with van der Waals surface area (Å²) in [5.41, 5.74) is 4.26. The zero-order valence-electron chi connectivity index (χ0n) is 17.7. The van der Waals surface area contributed by atoms with Crippen molar-refractivity contribution in [1.82, 2.24) is 5.32 Å². The van der Waals surface area contributed by atoms with Crippen LogP contribution in [0.25, 0.3) is 0 Å². The Labute approximate surface area is 162 Å². The second kappa shape index (κ2) is 17.8. The summed E-state index contributed by atoms with van der Waals surface area (Å²) in [4.78, 5) is 11.8. The second-order valence-electron chi connectivity index (χ2n) is 7.84. The monoisotopic (exact) mass is 370 g/mol. The third-order valence-electron chi connectivity index (χ3n) is 5.30. The molecule has 0 bridgehead atoms. The molecule has 0 radical (unpaired) electrons. The Morgan fingerprint density at radius 3 is 1.50 bits per heavy atom. The minimum atomic E-state index is -1.23. The number of hydrogen-bond donors (Lipinski definition) is 3. The first-order valence-electron chi connectivity index (χ1n) is 11.3. The molecule has 0 saturated carbocycles. The van der Waals surface area contributed by atoms with Gasteiger partial charge in [-0.1, -0.05) is 104 Å². The van der Waals surface area contributed by atoms with E-state index in [2.05, 4.69) is 12.2 Å². The second-order valence-corrected chi connectivity index (χ2v) is 7.84. The molecule has 0 aliphatic heterocycles. The van der Waals surface area contributed by atoms with Gasteiger partial charge in [-0.05, 0) is 12.8 Å². The highest BCUT2D eigenvalue weighted by molar-refractivity contribution is 5.76. The molecule has 156 valence electrons. The lowest BCUT2D eigenvalue weighted by Crippen LogP contribution is -2.53.